The minimum Gasteiger partial charge on any atom is -0.481 e. The molecule has 2 aromatic rings. The van der Waals surface area contributed by atoms with Gasteiger partial charge in [0.05, 0.1) is 5.56 Å². The topological polar surface area (TPSA) is 65.6 Å². The highest BCUT2D eigenvalue weighted by atomic mass is 19.1. The summed E-state index contributed by atoms with van der Waals surface area (Å²) in [6, 6.07) is 7.83. The Kier molecular flexibility index (Phi) is 5.25. The number of amides is 2. The minimum atomic E-state index is -0.493. The van der Waals surface area contributed by atoms with Crippen molar-refractivity contribution in [3.05, 3.63) is 53.1 Å². The smallest absolute Gasteiger partial charge is 0.260 e. The fraction of sp³-hybridized carbons (Fsp3) is 0.368. The summed E-state index contributed by atoms with van der Waals surface area (Å²) in [7, 11) is 0. The summed E-state index contributed by atoms with van der Waals surface area (Å²) in [5.41, 5.74) is 2.47. The Hall–Kier alpha value is -2.83. The van der Waals surface area contributed by atoms with E-state index in [1.165, 1.54) is 12.1 Å². The Bertz CT molecular complexity index is 810. The average molecular weight is 359 g/mol. The zero-order chi connectivity index (χ0) is 18.7. The summed E-state index contributed by atoms with van der Waals surface area (Å²) >= 11 is 0. The standard InChI is InChI=1S/C19H22FN3O3/c1-13-11-15(14(2)21-13)19(25)23-9-7-22(8-10-23)18(24)12-26-17-6-4-3-5-16(17)20/h3-6,11,21H,7-10,12H2,1-2H3. The lowest BCUT2D eigenvalue weighted by atomic mass is 10.2. The van der Waals surface area contributed by atoms with E-state index in [0.717, 1.165) is 11.4 Å². The zero-order valence-electron chi connectivity index (χ0n) is 14.9. The van der Waals surface area contributed by atoms with Crippen molar-refractivity contribution in [2.24, 2.45) is 0 Å². The molecule has 7 heteroatoms. The molecular formula is C19H22FN3O3. The fourth-order valence-corrected chi connectivity index (χ4v) is 3.07. The number of carbonyl (C=O) groups is 2. The number of rotatable bonds is 4. The fourth-order valence-electron chi connectivity index (χ4n) is 3.07. The second-order valence-electron chi connectivity index (χ2n) is 6.38. The largest absolute Gasteiger partial charge is 0.481 e. The maximum Gasteiger partial charge on any atom is 0.260 e. The molecule has 0 spiro atoms. The first-order valence-electron chi connectivity index (χ1n) is 8.56. The molecule has 1 fully saturated rings. The van der Waals surface area contributed by atoms with Gasteiger partial charge in [-0.15, -0.1) is 0 Å². The molecule has 0 bridgehead atoms. The van der Waals surface area contributed by atoms with Crippen molar-refractivity contribution < 1.29 is 18.7 Å². The Balaban J connectivity index is 1.51. The molecule has 0 aliphatic carbocycles. The summed E-state index contributed by atoms with van der Waals surface area (Å²) in [6.45, 7) is 5.38. The number of aromatic amines is 1. The van der Waals surface area contributed by atoms with Crippen LogP contribution in [0.1, 0.15) is 21.7 Å². The van der Waals surface area contributed by atoms with Gasteiger partial charge in [0.15, 0.2) is 18.2 Å². The third kappa shape index (κ3) is 3.87. The third-order valence-electron chi connectivity index (χ3n) is 4.49. The van der Waals surface area contributed by atoms with Crippen LogP contribution in [0.2, 0.25) is 0 Å². The number of halogens is 1. The van der Waals surface area contributed by atoms with Gasteiger partial charge in [-0.3, -0.25) is 9.59 Å². The van der Waals surface area contributed by atoms with Crippen molar-refractivity contribution in [2.45, 2.75) is 13.8 Å². The van der Waals surface area contributed by atoms with Crippen LogP contribution in [0.3, 0.4) is 0 Å². The molecule has 1 aliphatic heterocycles. The lowest BCUT2D eigenvalue weighted by Gasteiger charge is -2.34. The SMILES string of the molecule is Cc1cc(C(=O)N2CCN(C(=O)COc3ccccc3F)CC2)c(C)[nH]1. The molecule has 1 N–H and O–H groups in total. The number of nitrogens with one attached hydrogen (secondary N) is 1. The molecule has 1 aromatic heterocycles. The lowest BCUT2D eigenvalue weighted by molar-refractivity contribution is -0.134. The van der Waals surface area contributed by atoms with Crippen molar-refractivity contribution in [2.75, 3.05) is 32.8 Å². The molecule has 2 amide bonds. The molecule has 3 rings (SSSR count). The Morgan fingerprint density at radius 2 is 1.77 bits per heavy atom. The average Bonchev–Trinajstić information content (AvgIpc) is 2.98. The predicted octanol–water partition coefficient (Wildman–Crippen LogP) is 2.13. The first-order chi connectivity index (χ1) is 12.5. The van der Waals surface area contributed by atoms with Gasteiger partial charge < -0.3 is 19.5 Å². The molecule has 6 nitrogen and oxygen atoms in total. The quantitative estimate of drug-likeness (QED) is 0.910. The van der Waals surface area contributed by atoms with Crippen LogP contribution in [0.15, 0.2) is 30.3 Å². The van der Waals surface area contributed by atoms with E-state index in [-0.39, 0.29) is 24.2 Å². The van der Waals surface area contributed by atoms with E-state index in [1.807, 2.05) is 19.9 Å². The van der Waals surface area contributed by atoms with Crippen molar-refractivity contribution in [3.8, 4) is 5.75 Å². The number of aromatic nitrogens is 1. The Morgan fingerprint density at radius 1 is 1.12 bits per heavy atom. The molecule has 26 heavy (non-hydrogen) atoms. The number of aryl methyl sites for hydroxylation is 2. The van der Waals surface area contributed by atoms with Crippen LogP contribution in [0.25, 0.3) is 0 Å². The van der Waals surface area contributed by atoms with E-state index in [4.69, 9.17) is 4.74 Å². The van der Waals surface area contributed by atoms with Crippen LogP contribution < -0.4 is 4.74 Å². The van der Waals surface area contributed by atoms with Crippen molar-refractivity contribution >= 4 is 11.8 Å². The van der Waals surface area contributed by atoms with Crippen LogP contribution in [0.4, 0.5) is 4.39 Å². The molecule has 1 aromatic carbocycles. The van der Waals surface area contributed by atoms with Crippen LogP contribution in [0.5, 0.6) is 5.75 Å². The molecular weight excluding hydrogens is 337 g/mol. The van der Waals surface area contributed by atoms with E-state index >= 15 is 0 Å². The molecule has 0 saturated carbocycles. The number of nitrogens with zero attached hydrogens (tertiary/aromatic N) is 2. The lowest BCUT2D eigenvalue weighted by Crippen LogP contribution is -2.51. The summed E-state index contributed by atoms with van der Waals surface area (Å²) in [5.74, 6) is -0.670. The Morgan fingerprint density at radius 3 is 2.38 bits per heavy atom. The van der Waals surface area contributed by atoms with E-state index < -0.39 is 5.82 Å². The number of ether oxygens (including phenoxy) is 1. The summed E-state index contributed by atoms with van der Waals surface area (Å²) in [4.78, 5) is 31.4. The maximum absolute atomic E-state index is 13.5. The normalized spacial score (nSPS) is 14.4. The maximum atomic E-state index is 13.5. The number of benzene rings is 1. The van der Waals surface area contributed by atoms with E-state index in [9.17, 15) is 14.0 Å². The van der Waals surface area contributed by atoms with Gasteiger partial charge >= 0.3 is 0 Å². The Labute approximate surface area is 151 Å². The number of piperazine rings is 1. The van der Waals surface area contributed by atoms with Crippen LogP contribution >= 0.6 is 0 Å². The number of hydrogen-bond acceptors (Lipinski definition) is 3. The van der Waals surface area contributed by atoms with Crippen LogP contribution in [-0.2, 0) is 4.79 Å². The third-order valence-corrected chi connectivity index (χ3v) is 4.49. The summed E-state index contributed by atoms with van der Waals surface area (Å²) in [5, 5.41) is 0. The minimum absolute atomic E-state index is 0.0263. The first kappa shape index (κ1) is 18.0. The van der Waals surface area contributed by atoms with Gasteiger partial charge in [-0.25, -0.2) is 4.39 Å². The molecule has 2 heterocycles. The monoisotopic (exact) mass is 359 g/mol. The van der Waals surface area contributed by atoms with Gasteiger partial charge in [0.1, 0.15) is 0 Å². The molecule has 138 valence electrons. The highest BCUT2D eigenvalue weighted by molar-refractivity contribution is 5.95. The second-order valence-corrected chi connectivity index (χ2v) is 6.38. The highest BCUT2D eigenvalue weighted by Gasteiger charge is 2.26. The van der Waals surface area contributed by atoms with Crippen LogP contribution in [-0.4, -0.2) is 59.4 Å². The van der Waals surface area contributed by atoms with Gasteiger partial charge in [0.2, 0.25) is 0 Å². The predicted molar refractivity (Wildman–Crippen MR) is 94.6 cm³/mol. The number of H-pyrrole nitrogens is 1. The first-order valence-corrected chi connectivity index (χ1v) is 8.56. The van der Waals surface area contributed by atoms with Gasteiger partial charge in [0.25, 0.3) is 11.8 Å². The molecule has 1 saturated heterocycles. The van der Waals surface area contributed by atoms with Crippen molar-refractivity contribution in [1.82, 2.24) is 14.8 Å². The second kappa shape index (κ2) is 7.59. The molecule has 1 aliphatic rings. The van der Waals surface area contributed by atoms with Gasteiger partial charge in [0, 0.05) is 37.6 Å². The highest BCUT2D eigenvalue weighted by Crippen LogP contribution is 2.16. The van der Waals surface area contributed by atoms with Crippen molar-refractivity contribution in [1.29, 1.82) is 0 Å². The number of carbonyl (C=O) groups excluding carboxylic acids is 2. The number of para-hydroxylation sites is 1. The molecule has 0 unspecified atom stereocenters. The van der Waals surface area contributed by atoms with Gasteiger partial charge in [-0.1, -0.05) is 12.1 Å². The van der Waals surface area contributed by atoms with E-state index in [1.54, 1.807) is 21.9 Å². The van der Waals surface area contributed by atoms with E-state index in [0.29, 0.717) is 31.7 Å². The molecule has 0 radical (unpaired) electrons. The van der Waals surface area contributed by atoms with E-state index in [2.05, 4.69) is 4.98 Å². The van der Waals surface area contributed by atoms with Crippen LogP contribution in [0, 0.1) is 19.7 Å². The summed E-state index contributed by atoms with van der Waals surface area (Å²) in [6.07, 6.45) is 0. The number of hydrogen-bond donors (Lipinski definition) is 1. The van der Waals surface area contributed by atoms with Gasteiger partial charge in [-0.05, 0) is 32.0 Å². The zero-order valence-corrected chi connectivity index (χ0v) is 14.9. The van der Waals surface area contributed by atoms with Crippen molar-refractivity contribution in [3.63, 3.8) is 0 Å². The summed E-state index contributed by atoms with van der Waals surface area (Å²) < 4.78 is 18.8. The van der Waals surface area contributed by atoms with Gasteiger partial charge in [-0.2, -0.15) is 0 Å². The molecule has 0 atom stereocenters.